The van der Waals surface area contributed by atoms with Crippen LogP contribution >= 0.6 is 46.2 Å². The van der Waals surface area contributed by atoms with E-state index in [1.807, 2.05) is 6.92 Å². The third kappa shape index (κ3) is 4.68. The second kappa shape index (κ2) is 9.66. The van der Waals surface area contributed by atoms with Crippen molar-refractivity contribution < 1.29 is 24.3 Å². The lowest BCUT2D eigenvalue weighted by atomic mass is 10.0. The lowest BCUT2D eigenvalue weighted by Crippen LogP contribution is -2.71. The topological polar surface area (TPSA) is 173 Å². The quantitative estimate of drug-likeness (QED) is 0.191. The van der Waals surface area contributed by atoms with Crippen molar-refractivity contribution in [2.75, 3.05) is 24.3 Å². The van der Waals surface area contributed by atoms with Crippen molar-refractivity contribution in [3.63, 3.8) is 0 Å². The molecule has 2 atom stereocenters. The number of aliphatic carboxylic acids is 1. The zero-order valence-electron chi connectivity index (χ0n) is 17.2. The van der Waals surface area contributed by atoms with Gasteiger partial charge in [-0.1, -0.05) is 28.3 Å². The van der Waals surface area contributed by atoms with Crippen LogP contribution in [0.1, 0.15) is 10.7 Å². The average Bonchev–Trinajstić information content (AvgIpc) is 3.40. The molecule has 0 spiro atoms. The van der Waals surface area contributed by atoms with E-state index in [0.29, 0.717) is 17.1 Å². The summed E-state index contributed by atoms with van der Waals surface area (Å²) in [7, 11) is 1.28. The molecule has 2 aromatic rings. The van der Waals surface area contributed by atoms with Gasteiger partial charge in [0, 0.05) is 16.9 Å². The molecule has 2 aliphatic rings. The number of nitrogen functional groups attached to an aromatic ring is 1. The van der Waals surface area contributed by atoms with Gasteiger partial charge in [-0.2, -0.15) is 0 Å². The molecule has 4 rings (SSSR count). The van der Waals surface area contributed by atoms with E-state index in [0.717, 1.165) is 20.7 Å². The molecule has 16 heteroatoms. The van der Waals surface area contributed by atoms with Gasteiger partial charge in [-0.25, -0.2) is 9.78 Å². The van der Waals surface area contributed by atoms with Crippen molar-refractivity contribution in [1.82, 2.24) is 25.4 Å². The SMILES string of the molecule is CON=C(C(=O)NC1C(=O)N2C(C(=O)O)=C(CSc3nnc(C)s3)CS[C@H]12)c1csc(N)n1. The number of nitrogens with two attached hydrogens (primary N) is 1. The van der Waals surface area contributed by atoms with Crippen molar-refractivity contribution in [2.24, 2.45) is 5.16 Å². The first-order valence-electron chi connectivity index (χ1n) is 9.26. The van der Waals surface area contributed by atoms with E-state index < -0.39 is 29.2 Å². The Labute approximate surface area is 203 Å². The van der Waals surface area contributed by atoms with E-state index >= 15 is 0 Å². The summed E-state index contributed by atoms with van der Waals surface area (Å²) in [5.74, 6) is -1.61. The first-order valence-corrected chi connectivity index (χ1v) is 13.0. The minimum atomic E-state index is -1.19. The van der Waals surface area contributed by atoms with Gasteiger partial charge in [0.15, 0.2) is 15.2 Å². The van der Waals surface area contributed by atoms with Crippen molar-refractivity contribution in [2.45, 2.75) is 22.7 Å². The van der Waals surface area contributed by atoms with Crippen LogP contribution < -0.4 is 11.1 Å². The molecule has 1 saturated heterocycles. The number of carbonyl (C=O) groups excluding carboxylic acids is 2. The molecule has 12 nitrogen and oxygen atoms in total. The Hall–Kier alpha value is -2.69. The van der Waals surface area contributed by atoms with Gasteiger partial charge < -0.3 is 21.0 Å². The third-order valence-electron chi connectivity index (χ3n) is 4.58. The number of carbonyl (C=O) groups is 3. The Kier molecular flexibility index (Phi) is 6.87. The van der Waals surface area contributed by atoms with E-state index in [-0.39, 0.29) is 22.2 Å². The number of nitrogens with one attached hydrogen (secondary N) is 1. The zero-order valence-corrected chi connectivity index (χ0v) is 20.4. The number of thiazole rings is 1. The number of thioether (sulfide) groups is 2. The summed E-state index contributed by atoms with van der Waals surface area (Å²) in [6.07, 6.45) is 0. The number of β-lactam (4-membered cyclic amide) rings is 1. The van der Waals surface area contributed by atoms with E-state index in [2.05, 4.69) is 25.7 Å². The summed E-state index contributed by atoms with van der Waals surface area (Å²) in [5, 5.41) is 26.2. The Morgan fingerprint density at radius 1 is 1.45 bits per heavy atom. The lowest BCUT2D eigenvalue weighted by Gasteiger charge is -2.49. The van der Waals surface area contributed by atoms with Crippen molar-refractivity contribution in [3.05, 3.63) is 27.4 Å². The highest BCUT2D eigenvalue weighted by atomic mass is 32.2. The van der Waals surface area contributed by atoms with E-state index in [9.17, 15) is 19.5 Å². The van der Waals surface area contributed by atoms with Crippen LogP contribution in [0.5, 0.6) is 0 Å². The summed E-state index contributed by atoms with van der Waals surface area (Å²) in [6, 6.07) is -0.907. The van der Waals surface area contributed by atoms with Crippen LogP contribution in [-0.2, 0) is 19.2 Å². The number of carboxylic acid groups (broad SMARTS) is 1. The molecule has 2 aliphatic heterocycles. The number of fused-ring (bicyclic) bond motifs is 1. The summed E-state index contributed by atoms with van der Waals surface area (Å²) < 4.78 is 0.726. The highest BCUT2D eigenvalue weighted by molar-refractivity contribution is 8.01. The molecule has 4 heterocycles. The normalized spacial score (nSPS) is 20.4. The maximum atomic E-state index is 12.9. The minimum Gasteiger partial charge on any atom is -0.477 e. The van der Waals surface area contributed by atoms with Crippen LogP contribution in [-0.4, -0.2) is 78.7 Å². The number of rotatable bonds is 8. The van der Waals surface area contributed by atoms with Crippen LogP contribution in [0.25, 0.3) is 0 Å². The molecular formula is C17H17N7O5S4. The Bertz CT molecular complexity index is 1180. The van der Waals surface area contributed by atoms with Crippen molar-refractivity contribution in [1.29, 1.82) is 0 Å². The van der Waals surface area contributed by atoms with Crippen LogP contribution in [0.4, 0.5) is 5.13 Å². The van der Waals surface area contributed by atoms with Crippen LogP contribution in [0.3, 0.4) is 0 Å². The number of aromatic nitrogens is 3. The molecule has 0 saturated carbocycles. The lowest BCUT2D eigenvalue weighted by molar-refractivity contribution is -0.150. The summed E-state index contributed by atoms with van der Waals surface area (Å²) >= 11 is 5.30. The summed E-state index contributed by atoms with van der Waals surface area (Å²) in [4.78, 5) is 47.6. The minimum absolute atomic E-state index is 0.0546. The molecule has 174 valence electrons. The van der Waals surface area contributed by atoms with Crippen LogP contribution in [0, 0.1) is 6.92 Å². The second-order valence-corrected chi connectivity index (χ2v) is 11.1. The third-order valence-corrected chi connectivity index (χ3v) is 8.65. The van der Waals surface area contributed by atoms with Gasteiger partial charge in [-0.3, -0.25) is 14.5 Å². The Morgan fingerprint density at radius 2 is 2.24 bits per heavy atom. The van der Waals surface area contributed by atoms with Gasteiger partial charge >= 0.3 is 5.97 Å². The van der Waals surface area contributed by atoms with Gasteiger partial charge in [0.2, 0.25) is 0 Å². The van der Waals surface area contributed by atoms with Gasteiger partial charge in [0.1, 0.15) is 34.9 Å². The number of nitrogens with zero attached hydrogens (tertiary/aromatic N) is 5. The predicted molar refractivity (Wildman–Crippen MR) is 125 cm³/mol. The molecule has 0 aliphatic carbocycles. The zero-order chi connectivity index (χ0) is 23.7. The van der Waals surface area contributed by atoms with Gasteiger partial charge in [0.25, 0.3) is 11.8 Å². The Morgan fingerprint density at radius 3 is 2.85 bits per heavy atom. The predicted octanol–water partition coefficient (Wildman–Crippen LogP) is 0.767. The molecule has 33 heavy (non-hydrogen) atoms. The number of hydrogen-bond acceptors (Lipinski definition) is 13. The number of amides is 2. The van der Waals surface area contributed by atoms with Crippen molar-refractivity contribution in [3.8, 4) is 0 Å². The van der Waals surface area contributed by atoms with Crippen molar-refractivity contribution >= 4 is 74.8 Å². The maximum absolute atomic E-state index is 12.9. The fraction of sp³-hybridized carbons (Fsp3) is 0.353. The van der Waals surface area contributed by atoms with Crippen LogP contribution in [0.15, 0.2) is 26.1 Å². The fourth-order valence-electron chi connectivity index (χ4n) is 3.18. The van der Waals surface area contributed by atoms with E-state index in [4.69, 9.17) is 10.6 Å². The summed E-state index contributed by atoms with van der Waals surface area (Å²) in [5.41, 5.74) is 6.27. The van der Waals surface area contributed by atoms with E-state index in [1.165, 1.54) is 46.9 Å². The number of oxime groups is 1. The molecular weight excluding hydrogens is 510 g/mol. The molecule has 0 aromatic carbocycles. The molecule has 0 radical (unpaired) electrons. The van der Waals surface area contributed by atoms with Gasteiger partial charge in [0.05, 0.1) is 0 Å². The number of aryl methyl sites for hydroxylation is 1. The summed E-state index contributed by atoms with van der Waals surface area (Å²) in [6.45, 7) is 1.84. The number of hydrogen-bond donors (Lipinski definition) is 3. The highest BCUT2D eigenvalue weighted by Gasteiger charge is 2.54. The second-order valence-electron chi connectivity index (χ2n) is 6.69. The molecule has 4 N–H and O–H groups in total. The van der Waals surface area contributed by atoms with Gasteiger partial charge in [-0.05, 0) is 12.5 Å². The first-order chi connectivity index (χ1) is 15.8. The highest BCUT2D eigenvalue weighted by Crippen LogP contribution is 2.41. The van der Waals surface area contributed by atoms with E-state index in [1.54, 1.807) is 5.38 Å². The average molecular weight is 528 g/mol. The Balaban J connectivity index is 1.49. The van der Waals surface area contributed by atoms with Crippen LogP contribution in [0.2, 0.25) is 0 Å². The number of carboxylic acids is 1. The smallest absolute Gasteiger partial charge is 0.352 e. The monoisotopic (exact) mass is 527 g/mol. The first kappa shape index (κ1) is 23.5. The molecule has 1 fully saturated rings. The largest absolute Gasteiger partial charge is 0.477 e. The number of anilines is 1. The molecule has 1 unspecified atom stereocenters. The van der Waals surface area contributed by atoms with Gasteiger partial charge in [-0.15, -0.1) is 33.3 Å². The maximum Gasteiger partial charge on any atom is 0.352 e. The molecule has 2 amide bonds. The standard InChI is InChI=1S/C17H17N7O5S4/c1-6-21-22-17(33-6)32-4-7-3-30-14-10(13(26)24(14)11(7)15(27)28)20-12(25)9(23-29-2)8-5-31-16(18)19-8/h5,10,14H,3-4H2,1-2H3,(H2,18,19)(H,20,25)(H,27,28)/t10?,14-/m1/s1. The fourth-order valence-corrected chi connectivity index (χ4v) is 7.03. The molecule has 2 aromatic heterocycles. The molecule has 0 bridgehead atoms.